The Morgan fingerprint density at radius 2 is 1.53 bits per heavy atom. The van der Waals surface area contributed by atoms with Crippen molar-refractivity contribution in [2.75, 3.05) is 23.7 Å². The Morgan fingerprint density at radius 3 is 2.23 bits per heavy atom. The minimum absolute atomic E-state index is 0.101. The fourth-order valence-corrected chi connectivity index (χ4v) is 6.00. The number of amides is 2. The Hall–Kier alpha value is -4.68. The number of fused-ring (bicyclic) bond motifs is 1. The molecule has 6 heteroatoms. The van der Waals surface area contributed by atoms with Gasteiger partial charge in [0.1, 0.15) is 0 Å². The molecule has 2 heterocycles. The minimum Gasteiger partial charge on any atom is -0.354 e. The number of rotatable bonds is 9. The Morgan fingerprint density at radius 1 is 0.837 bits per heavy atom. The number of carbonyl (C=O) groups excluding carboxylic acids is 2. The Bertz CT molecular complexity index is 1610. The monoisotopic (exact) mass is 570 g/mol. The highest BCUT2D eigenvalue weighted by Gasteiger charge is 2.30. The molecule has 0 spiro atoms. The van der Waals surface area contributed by atoms with Gasteiger partial charge in [0.2, 0.25) is 0 Å². The first-order valence-corrected chi connectivity index (χ1v) is 15.3. The van der Waals surface area contributed by atoms with Gasteiger partial charge in [-0.15, -0.1) is 0 Å². The van der Waals surface area contributed by atoms with Crippen molar-refractivity contribution in [2.24, 2.45) is 0 Å². The maximum Gasteiger partial charge on any atom is 0.258 e. The van der Waals surface area contributed by atoms with Crippen LogP contribution in [0.5, 0.6) is 0 Å². The Kier molecular flexibility index (Phi) is 8.66. The zero-order valence-electron chi connectivity index (χ0n) is 24.6. The van der Waals surface area contributed by atoms with Gasteiger partial charge >= 0.3 is 0 Å². The molecule has 43 heavy (non-hydrogen) atoms. The first-order chi connectivity index (χ1) is 21.1. The van der Waals surface area contributed by atoms with Crippen LogP contribution in [0.4, 0.5) is 11.4 Å². The van der Waals surface area contributed by atoms with Crippen LogP contribution in [0.15, 0.2) is 103 Å². The van der Waals surface area contributed by atoms with E-state index < -0.39 is 0 Å². The van der Waals surface area contributed by atoms with Crippen LogP contribution in [0, 0.1) is 0 Å². The summed E-state index contributed by atoms with van der Waals surface area (Å²) < 4.78 is 0. The number of piperidine rings is 1. The van der Waals surface area contributed by atoms with E-state index in [-0.39, 0.29) is 17.9 Å². The lowest BCUT2D eigenvalue weighted by molar-refractivity contribution is -0.110. The maximum absolute atomic E-state index is 13.5. The molecule has 0 bridgehead atoms. The molecule has 6 rings (SSSR count). The molecule has 2 aliphatic rings. The molecule has 2 aliphatic heterocycles. The summed E-state index contributed by atoms with van der Waals surface area (Å²) in [7, 11) is 0. The van der Waals surface area contributed by atoms with E-state index in [1.165, 1.54) is 24.8 Å². The molecular formula is C37H38N4O2. The second-order valence-corrected chi connectivity index (χ2v) is 11.3. The van der Waals surface area contributed by atoms with Gasteiger partial charge in [-0.2, -0.15) is 0 Å². The van der Waals surface area contributed by atoms with Crippen molar-refractivity contribution in [1.82, 2.24) is 10.2 Å². The van der Waals surface area contributed by atoms with E-state index in [2.05, 4.69) is 52.0 Å². The summed E-state index contributed by atoms with van der Waals surface area (Å²) in [5.41, 5.74) is 7.27. The van der Waals surface area contributed by atoms with Crippen LogP contribution in [0.2, 0.25) is 0 Å². The standard InChI is InChI=1S/C37H38N4O2/c1-2-32(27-12-6-3-7-13-27)39-36(42)29-18-21-33-31(24-29)34(37(43)40-33)35(28-14-8-4-9-15-28)38-30-19-16-26(17-20-30)25-41-22-10-5-11-23-41/h3-4,6-9,12-21,24,32,38H,2,5,10-11,22-23,25H2,1H3,(H,39,42)(H,40,43)/t32-/m1/s1. The first-order valence-electron chi connectivity index (χ1n) is 15.3. The number of likely N-dealkylation sites (tertiary alicyclic amines) is 1. The molecule has 1 fully saturated rings. The van der Waals surface area contributed by atoms with Crippen molar-refractivity contribution in [1.29, 1.82) is 0 Å². The number of hydrogen-bond acceptors (Lipinski definition) is 4. The predicted octanol–water partition coefficient (Wildman–Crippen LogP) is 7.49. The number of benzene rings is 4. The van der Waals surface area contributed by atoms with Crippen LogP contribution in [0.25, 0.3) is 11.3 Å². The highest BCUT2D eigenvalue weighted by atomic mass is 16.2. The lowest BCUT2D eigenvalue weighted by atomic mass is 9.97. The number of carbonyl (C=O) groups is 2. The molecular weight excluding hydrogens is 532 g/mol. The molecule has 0 saturated carbocycles. The Labute approximate surface area is 253 Å². The maximum atomic E-state index is 13.5. The normalized spacial score (nSPS) is 16.6. The summed E-state index contributed by atoms with van der Waals surface area (Å²) >= 11 is 0. The van der Waals surface area contributed by atoms with E-state index in [4.69, 9.17) is 0 Å². The van der Waals surface area contributed by atoms with Gasteiger partial charge in [-0.05, 0) is 79.4 Å². The van der Waals surface area contributed by atoms with Crippen LogP contribution < -0.4 is 16.0 Å². The van der Waals surface area contributed by atoms with E-state index >= 15 is 0 Å². The molecule has 4 aromatic rings. The van der Waals surface area contributed by atoms with Crippen molar-refractivity contribution in [2.45, 2.75) is 45.2 Å². The van der Waals surface area contributed by atoms with Crippen molar-refractivity contribution in [3.05, 3.63) is 131 Å². The molecule has 1 saturated heterocycles. The smallest absolute Gasteiger partial charge is 0.258 e. The van der Waals surface area contributed by atoms with Gasteiger partial charge in [0.15, 0.2) is 0 Å². The summed E-state index contributed by atoms with van der Waals surface area (Å²) in [6.45, 7) is 5.33. The van der Waals surface area contributed by atoms with Crippen LogP contribution in [0.1, 0.15) is 71.3 Å². The predicted molar refractivity (Wildman–Crippen MR) is 174 cm³/mol. The van der Waals surface area contributed by atoms with Crippen molar-refractivity contribution in [3.63, 3.8) is 0 Å². The van der Waals surface area contributed by atoms with Crippen molar-refractivity contribution >= 4 is 34.5 Å². The SMILES string of the molecule is CC[C@@H](NC(=O)c1ccc2c(c1)C(=C(Nc1ccc(CN3CCCCC3)cc1)c1ccccc1)C(=O)N2)c1ccccc1. The van der Waals surface area contributed by atoms with Gasteiger partial charge in [0.05, 0.1) is 17.3 Å². The van der Waals surface area contributed by atoms with Crippen molar-refractivity contribution in [3.8, 4) is 0 Å². The molecule has 6 nitrogen and oxygen atoms in total. The molecule has 0 unspecified atom stereocenters. The average molecular weight is 571 g/mol. The van der Waals surface area contributed by atoms with Gasteiger partial charge < -0.3 is 16.0 Å². The topological polar surface area (TPSA) is 73.5 Å². The quantitative estimate of drug-likeness (QED) is 0.182. The third kappa shape index (κ3) is 6.55. The minimum atomic E-state index is -0.198. The van der Waals surface area contributed by atoms with Crippen LogP contribution in [0.3, 0.4) is 0 Å². The van der Waals surface area contributed by atoms with Gasteiger partial charge in [-0.3, -0.25) is 14.5 Å². The summed E-state index contributed by atoms with van der Waals surface area (Å²) in [4.78, 5) is 29.4. The van der Waals surface area contributed by atoms with Gasteiger partial charge in [-0.25, -0.2) is 0 Å². The van der Waals surface area contributed by atoms with E-state index in [1.54, 1.807) is 6.07 Å². The van der Waals surface area contributed by atoms with E-state index in [9.17, 15) is 9.59 Å². The molecule has 0 aromatic heterocycles. The van der Waals surface area contributed by atoms with E-state index in [0.29, 0.717) is 28.1 Å². The van der Waals surface area contributed by atoms with Gasteiger partial charge in [0, 0.05) is 29.0 Å². The van der Waals surface area contributed by atoms with Crippen LogP contribution in [-0.2, 0) is 11.3 Å². The van der Waals surface area contributed by atoms with E-state index in [0.717, 1.165) is 42.9 Å². The highest BCUT2D eigenvalue weighted by molar-refractivity contribution is 6.37. The van der Waals surface area contributed by atoms with Gasteiger partial charge in [-0.1, -0.05) is 86.1 Å². The number of nitrogens with one attached hydrogen (secondary N) is 3. The van der Waals surface area contributed by atoms with Gasteiger partial charge in [0.25, 0.3) is 11.8 Å². The fourth-order valence-electron chi connectivity index (χ4n) is 6.00. The number of hydrogen-bond donors (Lipinski definition) is 3. The first kappa shape index (κ1) is 28.4. The third-order valence-corrected chi connectivity index (χ3v) is 8.33. The largest absolute Gasteiger partial charge is 0.354 e. The number of nitrogens with zero attached hydrogens (tertiary/aromatic N) is 1. The second kappa shape index (κ2) is 13.1. The van der Waals surface area contributed by atoms with Crippen LogP contribution in [-0.4, -0.2) is 29.8 Å². The summed E-state index contributed by atoms with van der Waals surface area (Å²) in [5, 5.41) is 9.74. The molecule has 0 aliphatic carbocycles. The molecule has 2 amide bonds. The lowest BCUT2D eigenvalue weighted by Gasteiger charge is -2.26. The summed E-state index contributed by atoms with van der Waals surface area (Å²) in [5.74, 6) is -0.368. The lowest BCUT2D eigenvalue weighted by Crippen LogP contribution is -2.29. The molecule has 218 valence electrons. The zero-order chi connectivity index (χ0) is 29.6. The summed E-state index contributed by atoms with van der Waals surface area (Å²) in [6.07, 6.45) is 4.64. The van der Waals surface area contributed by atoms with E-state index in [1.807, 2.05) is 72.8 Å². The van der Waals surface area contributed by atoms with Crippen molar-refractivity contribution < 1.29 is 9.59 Å². The summed E-state index contributed by atoms with van der Waals surface area (Å²) in [6, 6.07) is 33.6. The molecule has 1 atom stereocenters. The number of anilines is 2. The Balaban J connectivity index is 1.31. The highest BCUT2D eigenvalue weighted by Crippen LogP contribution is 2.38. The average Bonchev–Trinajstić information content (AvgIpc) is 3.39. The molecule has 0 radical (unpaired) electrons. The second-order valence-electron chi connectivity index (χ2n) is 11.3. The molecule has 4 aromatic carbocycles. The fraction of sp³-hybridized carbons (Fsp3) is 0.243. The zero-order valence-corrected chi connectivity index (χ0v) is 24.6. The molecule has 3 N–H and O–H groups in total. The third-order valence-electron chi connectivity index (χ3n) is 8.33. The van der Waals surface area contributed by atoms with Crippen LogP contribution >= 0.6 is 0 Å².